The highest BCUT2D eigenvalue weighted by molar-refractivity contribution is 5.33. The van der Waals surface area contributed by atoms with Crippen LogP contribution in [0.2, 0.25) is 0 Å². The fraction of sp³-hybridized carbons (Fsp3) is 0.182. The topological polar surface area (TPSA) is 17.8 Å². The van der Waals surface area contributed by atoms with Crippen LogP contribution in [0, 0.1) is 13.8 Å². The molecule has 0 atom stereocenters. The maximum Gasteiger partial charge on any atom is 0.110 e. The lowest BCUT2D eigenvalue weighted by molar-refractivity contribution is 0.974. The van der Waals surface area contributed by atoms with Gasteiger partial charge in [-0.05, 0) is 26.0 Å². The maximum atomic E-state index is 4.35. The molecule has 0 saturated heterocycles. The van der Waals surface area contributed by atoms with Crippen molar-refractivity contribution in [1.82, 2.24) is 9.55 Å². The van der Waals surface area contributed by atoms with Gasteiger partial charge in [-0.3, -0.25) is 0 Å². The minimum absolute atomic E-state index is 1.03. The van der Waals surface area contributed by atoms with E-state index in [2.05, 4.69) is 21.7 Å². The molecule has 2 heteroatoms. The molecule has 0 unspecified atom stereocenters. The Morgan fingerprint density at radius 2 is 1.77 bits per heavy atom. The normalized spacial score (nSPS) is 10.3. The first-order valence-electron chi connectivity index (χ1n) is 4.35. The lowest BCUT2D eigenvalue weighted by Gasteiger charge is -2.02. The lowest BCUT2D eigenvalue weighted by Crippen LogP contribution is -1.93. The summed E-state index contributed by atoms with van der Waals surface area (Å²) < 4.78 is 2.09. The smallest absolute Gasteiger partial charge is 0.110 e. The summed E-state index contributed by atoms with van der Waals surface area (Å²) in [7, 11) is 0. The van der Waals surface area contributed by atoms with Crippen LogP contribution >= 0.6 is 0 Å². The van der Waals surface area contributed by atoms with Crippen LogP contribution in [0.1, 0.15) is 11.5 Å². The number of hydrogen-bond acceptors (Lipinski definition) is 1. The van der Waals surface area contributed by atoms with Crippen LogP contribution in [0.3, 0.4) is 0 Å². The molecule has 2 rings (SSSR count). The number of aromatic nitrogens is 2. The van der Waals surface area contributed by atoms with Crippen LogP contribution in [-0.2, 0) is 0 Å². The van der Waals surface area contributed by atoms with E-state index >= 15 is 0 Å². The highest BCUT2D eigenvalue weighted by Crippen LogP contribution is 2.10. The van der Waals surface area contributed by atoms with Crippen molar-refractivity contribution in [3.05, 3.63) is 48.0 Å². The Labute approximate surface area is 77.9 Å². The summed E-state index contributed by atoms with van der Waals surface area (Å²) in [6.07, 6.45) is 2.05. The van der Waals surface area contributed by atoms with Crippen molar-refractivity contribution in [1.29, 1.82) is 0 Å². The van der Waals surface area contributed by atoms with E-state index in [1.165, 1.54) is 5.69 Å². The number of para-hydroxylation sites is 1. The molecule has 0 spiro atoms. The predicted octanol–water partition coefficient (Wildman–Crippen LogP) is 2.49. The summed E-state index contributed by atoms with van der Waals surface area (Å²) in [6, 6.07) is 10.2. The van der Waals surface area contributed by atoms with E-state index in [1.807, 2.05) is 38.2 Å². The van der Waals surface area contributed by atoms with Gasteiger partial charge in [-0.2, -0.15) is 0 Å². The van der Waals surface area contributed by atoms with E-state index in [1.54, 1.807) is 0 Å². The van der Waals surface area contributed by atoms with E-state index in [9.17, 15) is 0 Å². The molecule has 0 fully saturated rings. The Morgan fingerprint density at radius 1 is 1.08 bits per heavy atom. The zero-order chi connectivity index (χ0) is 9.26. The fourth-order valence-electron chi connectivity index (χ4n) is 1.47. The van der Waals surface area contributed by atoms with Crippen molar-refractivity contribution < 1.29 is 0 Å². The molecule has 0 aliphatic carbocycles. The second-order valence-electron chi connectivity index (χ2n) is 3.14. The molecule has 0 saturated carbocycles. The number of benzene rings is 1. The van der Waals surface area contributed by atoms with Gasteiger partial charge in [0.1, 0.15) is 5.82 Å². The van der Waals surface area contributed by atoms with Gasteiger partial charge in [0.15, 0.2) is 0 Å². The van der Waals surface area contributed by atoms with Gasteiger partial charge in [0.25, 0.3) is 0 Å². The van der Waals surface area contributed by atoms with Crippen molar-refractivity contribution in [2.45, 2.75) is 13.8 Å². The maximum absolute atomic E-state index is 4.35. The Bertz CT molecular complexity index is 401. The minimum Gasteiger partial charge on any atom is -0.304 e. The molecule has 13 heavy (non-hydrogen) atoms. The second-order valence-corrected chi connectivity index (χ2v) is 3.14. The molecule has 1 heterocycles. The van der Waals surface area contributed by atoms with Gasteiger partial charge in [0.05, 0.1) is 5.69 Å². The molecule has 0 N–H and O–H groups in total. The van der Waals surface area contributed by atoms with Crippen molar-refractivity contribution in [2.75, 3.05) is 0 Å². The van der Waals surface area contributed by atoms with Crippen LogP contribution in [0.4, 0.5) is 0 Å². The first-order valence-corrected chi connectivity index (χ1v) is 4.35. The van der Waals surface area contributed by atoms with E-state index < -0.39 is 0 Å². The molecule has 66 valence electrons. The summed E-state index contributed by atoms with van der Waals surface area (Å²) in [4.78, 5) is 4.35. The van der Waals surface area contributed by atoms with Crippen molar-refractivity contribution in [2.24, 2.45) is 0 Å². The van der Waals surface area contributed by atoms with Gasteiger partial charge in [0.2, 0.25) is 0 Å². The second kappa shape index (κ2) is 3.05. The average molecular weight is 172 g/mol. The molecule has 0 radical (unpaired) electrons. The molecule has 1 aromatic heterocycles. The third kappa shape index (κ3) is 1.47. The summed E-state index contributed by atoms with van der Waals surface area (Å²) >= 11 is 0. The Hall–Kier alpha value is -1.57. The summed E-state index contributed by atoms with van der Waals surface area (Å²) in [5.74, 6) is 1.03. The summed E-state index contributed by atoms with van der Waals surface area (Å²) in [5, 5.41) is 0. The van der Waals surface area contributed by atoms with E-state index in [0.717, 1.165) is 11.5 Å². The van der Waals surface area contributed by atoms with Gasteiger partial charge in [-0.25, -0.2) is 4.98 Å². The standard InChI is InChI=1S/C11H12N2/c1-9-8-13(10(2)12-9)11-6-4-3-5-7-11/h3-8H,1-2H3. The number of hydrogen-bond donors (Lipinski definition) is 0. The summed E-state index contributed by atoms with van der Waals surface area (Å²) in [6.45, 7) is 4.02. The molecular formula is C11H12N2. The van der Waals surface area contributed by atoms with Gasteiger partial charge in [-0.1, -0.05) is 18.2 Å². The molecule has 0 aliphatic heterocycles. The molecule has 2 nitrogen and oxygen atoms in total. The van der Waals surface area contributed by atoms with Gasteiger partial charge < -0.3 is 4.57 Å². The van der Waals surface area contributed by atoms with Crippen molar-refractivity contribution in [3.63, 3.8) is 0 Å². The SMILES string of the molecule is Cc1cn(-c2ccccc2)c(C)n1. The fourth-order valence-corrected chi connectivity index (χ4v) is 1.47. The number of nitrogens with zero attached hydrogens (tertiary/aromatic N) is 2. The monoisotopic (exact) mass is 172 g/mol. The highest BCUT2D eigenvalue weighted by atomic mass is 15.1. The van der Waals surface area contributed by atoms with E-state index in [4.69, 9.17) is 0 Å². The molecule has 0 amide bonds. The quantitative estimate of drug-likeness (QED) is 0.646. The lowest BCUT2D eigenvalue weighted by atomic mass is 10.3. The Morgan fingerprint density at radius 3 is 2.31 bits per heavy atom. The zero-order valence-corrected chi connectivity index (χ0v) is 7.86. The largest absolute Gasteiger partial charge is 0.304 e. The van der Waals surface area contributed by atoms with Crippen LogP contribution in [0.5, 0.6) is 0 Å². The predicted molar refractivity (Wildman–Crippen MR) is 53.0 cm³/mol. The minimum atomic E-state index is 1.03. The van der Waals surface area contributed by atoms with Crippen molar-refractivity contribution >= 4 is 0 Å². The van der Waals surface area contributed by atoms with Crippen LogP contribution in [0.25, 0.3) is 5.69 Å². The molecule has 0 aliphatic rings. The van der Waals surface area contributed by atoms with E-state index in [-0.39, 0.29) is 0 Å². The molecule has 0 bridgehead atoms. The zero-order valence-electron chi connectivity index (χ0n) is 7.86. The van der Waals surface area contributed by atoms with Gasteiger partial charge >= 0.3 is 0 Å². The van der Waals surface area contributed by atoms with Gasteiger partial charge in [0, 0.05) is 11.9 Å². The molecule has 2 aromatic rings. The van der Waals surface area contributed by atoms with Crippen LogP contribution in [0.15, 0.2) is 36.5 Å². The molecular weight excluding hydrogens is 160 g/mol. The Kier molecular flexibility index (Phi) is 1.89. The third-order valence-corrected chi connectivity index (χ3v) is 2.04. The van der Waals surface area contributed by atoms with Gasteiger partial charge in [-0.15, -0.1) is 0 Å². The Balaban J connectivity index is 2.53. The number of imidazole rings is 1. The van der Waals surface area contributed by atoms with Crippen molar-refractivity contribution in [3.8, 4) is 5.69 Å². The average Bonchev–Trinajstić information content (AvgIpc) is 2.47. The highest BCUT2D eigenvalue weighted by Gasteiger charge is 2.00. The summed E-state index contributed by atoms with van der Waals surface area (Å²) in [5.41, 5.74) is 2.22. The van der Waals surface area contributed by atoms with E-state index in [0.29, 0.717) is 0 Å². The van der Waals surface area contributed by atoms with Crippen LogP contribution in [-0.4, -0.2) is 9.55 Å². The van der Waals surface area contributed by atoms with Crippen LogP contribution < -0.4 is 0 Å². The number of rotatable bonds is 1. The molecule has 1 aromatic carbocycles. The number of aryl methyl sites for hydroxylation is 2. The first kappa shape index (κ1) is 8.05. The third-order valence-electron chi connectivity index (χ3n) is 2.04. The first-order chi connectivity index (χ1) is 6.27.